The minimum absolute atomic E-state index is 0.0523. The zero-order valence-corrected chi connectivity index (χ0v) is 10.6. The average Bonchev–Trinajstić information content (AvgIpc) is 2.16. The molecule has 1 rings (SSSR count). The zero-order valence-electron chi connectivity index (χ0n) is 8.97. The maximum Gasteiger partial charge on any atom is 0.124 e. The van der Waals surface area contributed by atoms with E-state index in [9.17, 15) is 4.39 Å². The Labute approximate surface area is 99.0 Å². The van der Waals surface area contributed by atoms with Gasteiger partial charge in [0.25, 0.3) is 0 Å². The summed E-state index contributed by atoms with van der Waals surface area (Å²) in [6, 6.07) is 4.80. The predicted molar refractivity (Wildman–Crippen MR) is 65.2 cm³/mol. The Morgan fingerprint density at radius 2 is 2.07 bits per heavy atom. The number of halogens is 2. The van der Waals surface area contributed by atoms with Crippen molar-refractivity contribution in [1.82, 2.24) is 0 Å². The third-order valence-corrected chi connectivity index (χ3v) is 2.89. The van der Waals surface area contributed by atoms with E-state index in [2.05, 4.69) is 22.9 Å². The van der Waals surface area contributed by atoms with E-state index in [0.717, 1.165) is 22.9 Å². The first kappa shape index (κ1) is 12.7. The summed E-state index contributed by atoms with van der Waals surface area (Å²) < 4.78 is 13.8. The zero-order chi connectivity index (χ0) is 11.3. The lowest BCUT2D eigenvalue weighted by Crippen LogP contribution is -2.10. The van der Waals surface area contributed by atoms with Crippen LogP contribution >= 0.6 is 15.9 Å². The second kappa shape index (κ2) is 6.23. The molecule has 0 amide bonds. The van der Waals surface area contributed by atoms with E-state index in [1.54, 1.807) is 0 Å². The highest BCUT2D eigenvalue weighted by Crippen LogP contribution is 2.22. The molecule has 1 atom stereocenters. The molecule has 0 aliphatic heterocycles. The summed E-state index contributed by atoms with van der Waals surface area (Å²) in [5, 5.41) is 0. The van der Waals surface area contributed by atoms with Crippen LogP contribution in [-0.4, -0.2) is 0 Å². The van der Waals surface area contributed by atoms with Gasteiger partial charge in [0.15, 0.2) is 0 Å². The molecule has 0 saturated heterocycles. The molecule has 0 spiro atoms. The van der Waals surface area contributed by atoms with Gasteiger partial charge in [0.05, 0.1) is 0 Å². The van der Waals surface area contributed by atoms with Gasteiger partial charge in [0.2, 0.25) is 0 Å². The van der Waals surface area contributed by atoms with Crippen molar-refractivity contribution in [3.05, 3.63) is 34.1 Å². The fourth-order valence-corrected chi connectivity index (χ4v) is 2.05. The molecule has 2 N–H and O–H groups in total. The molecule has 0 unspecified atom stereocenters. The molecule has 0 saturated carbocycles. The Morgan fingerprint density at radius 3 is 2.67 bits per heavy atom. The standard InChI is InChI=1S/C12H17BrFN/c1-2-3-4-5-12(15)9-6-10(13)8-11(14)7-9/h6-8,12H,2-5,15H2,1H3/t12-/m0/s1. The van der Waals surface area contributed by atoms with Crippen molar-refractivity contribution < 1.29 is 4.39 Å². The van der Waals surface area contributed by atoms with Crippen LogP contribution in [0.2, 0.25) is 0 Å². The third-order valence-electron chi connectivity index (χ3n) is 2.43. The number of nitrogens with two attached hydrogens (primary N) is 1. The molecule has 0 fully saturated rings. The molecular formula is C12H17BrFN. The molecule has 0 aromatic heterocycles. The lowest BCUT2D eigenvalue weighted by atomic mass is 10.0. The largest absolute Gasteiger partial charge is 0.324 e. The van der Waals surface area contributed by atoms with Crippen molar-refractivity contribution in [3.8, 4) is 0 Å². The summed E-state index contributed by atoms with van der Waals surface area (Å²) in [6.45, 7) is 2.16. The highest BCUT2D eigenvalue weighted by atomic mass is 79.9. The number of benzene rings is 1. The minimum atomic E-state index is -0.231. The molecule has 1 nitrogen and oxygen atoms in total. The van der Waals surface area contributed by atoms with Crippen LogP contribution in [0.5, 0.6) is 0 Å². The van der Waals surface area contributed by atoms with Gasteiger partial charge >= 0.3 is 0 Å². The van der Waals surface area contributed by atoms with Gasteiger partial charge in [-0.1, -0.05) is 42.1 Å². The Kier molecular flexibility index (Phi) is 5.26. The van der Waals surface area contributed by atoms with Crippen LogP contribution in [0.1, 0.15) is 44.2 Å². The maximum absolute atomic E-state index is 13.1. The first-order valence-electron chi connectivity index (χ1n) is 5.35. The molecule has 0 aliphatic carbocycles. The maximum atomic E-state index is 13.1. The Hall–Kier alpha value is -0.410. The predicted octanol–water partition coefficient (Wildman–Crippen LogP) is 4.17. The van der Waals surface area contributed by atoms with Crippen LogP contribution in [0.4, 0.5) is 4.39 Å². The molecule has 84 valence electrons. The van der Waals surface area contributed by atoms with E-state index in [4.69, 9.17) is 5.73 Å². The summed E-state index contributed by atoms with van der Waals surface area (Å²) in [6.07, 6.45) is 4.39. The molecule has 1 aromatic rings. The minimum Gasteiger partial charge on any atom is -0.324 e. The number of hydrogen-bond donors (Lipinski definition) is 1. The highest BCUT2D eigenvalue weighted by Gasteiger charge is 2.07. The van der Waals surface area contributed by atoms with E-state index < -0.39 is 0 Å². The number of unbranched alkanes of at least 4 members (excludes halogenated alkanes) is 2. The molecule has 1 aromatic carbocycles. The average molecular weight is 274 g/mol. The van der Waals surface area contributed by atoms with Crippen LogP contribution in [0, 0.1) is 5.82 Å². The molecule has 0 heterocycles. The van der Waals surface area contributed by atoms with Gasteiger partial charge in [-0.25, -0.2) is 4.39 Å². The summed E-state index contributed by atoms with van der Waals surface area (Å²) >= 11 is 3.27. The van der Waals surface area contributed by atoms with Gasteiger partial charge in [-0.2, -0.15) is 0 Å². The Morgan fingerprint density at radius 1 is 1.33 bits per heavy atom. The summed E-state index contributed by atoms with van der Waals surface area (Å²) in [7, 11) is 0. The van der Waals surface area contributed by atoms with Crippen LogP contribution in [0.25, 0.3) is 0 Å². The fourth-order valence-electron chi connectivity index (χ4n) is 1.57. The molecule has 0 radical (unpaired) electrons. The number of hydrogen-bond acceptors (Lipinski definition) is 1. The number of rotatable bonds is 5. The van der Waals surface area contributed by atoms with Gasteiger partial charge in [0.1, 0.15) is 5.82 Å². The quantitative estimate of drug-likeness (QED) is 0.801. The topological polar surface area (TPSA) is 26.0 Å². The van der Waals surface area contributed by atoms with Gasteiger partial charge in [-0.05, 0) is 30.2 Å². The normalized spacial score (nSPS) is 12.8. The smallest absolute Gasteiger partial charge is 0.124 e. The van der Waals surface area contributed by atoms with Crippen LogP contribution < -0.4 is 5.73 Å². The monoisotopic (exact) mass is 273 g/mol. The van der Waals surface area contributed by atoms with Crippen molar-refractivity contribution in [2.75, 3.05) is 0 Å². The summed E-state index contributed by atoms with van der Waals surface area (Å²) in [5.41, 5.74) is 6.86. The van der Waals surface area contributed by atoms with E-state index >= 15 is 0 Å². The van der Waals surface area contributed by atoms with Crippen LogP contribution in [-0.2, 0) is 0 Å². The van der Waals surface area contributed by atoms with E-state index in [1.165, 1.54) is 25.0 Å². The van der Waals surface area contributed by atoms with Crippen molar-refractivity contribution in [2.45, 2.75) is 38.6 Å². The lowest BCUT2D eigenvalue weighted by molar-refractivity contribution is 0.572. The van der Waals surface area contributed by atoms with Crippen LogP contribution in [0.3, 0.4) is 0 Å². The van der Waals surface area contributed by atoms with E-state index in [-0.39, 0.29) is 11.9 Å². The molecule has 0 aliphatic rings. The first-order valence-corrected chi connectivity index (χ1v) is 6.14. The summed E-state index contributed by atoms with van der Waals surface area (Å²) in [5.74, 6) is -0.231. The molecule has 3 heteroatoms. The van der Waals surface area contributed by atoms with Gasteiger partial charge in [-0.3, -0.25) is 0 Å². The van der Waals surface area contributed by atoms with Crippen molar-refractivity contribution in [2.24, 2.45) is 5.73 Å². The van der Waals surface area contributed by atoms with E-state index in [1.807, 2.05) is 6.07 Å². The SMILES string of the molecule is CCCCC[C@H](N)c1cc(F)cc(Br)c1. The fraction of sp³-hybridized carbons (Fsp3) is 0.500. The Balaban J connectivity index is 2.60. The van der Waals surface area contributed by atoms with Gasteiger partial charge in [0, 0.05) is 10.5 Å². The van der Waals surface area contributed by atoms with E-state index in [0.29, 0.717) is 0 Å². The second-order valence-corrected chi connectivity index (χ2v) is 4.72. The molecular weight excluding hydrogens is 257 g/mol. The van der Waals surface area contributed by atoms with Crippen molar-refractivity contribution >= 4 is 15.9 Å². The van der Waals surface area contributed by atoms with Gasteiger partial charge < -0.3 is 5.73 Å². The Bertz CT molecular complexity index is 294. The van der Waals surface area contributed by atoms with Crippen molar-refractivity contribution in [3.63, 3.8) is 0 Å². The second-order valence-electron chi connectivity index (χ2n) is 3.81. The molecule has 15 heavy (non-hydrogen) atoms. The van der Waals surface area contributed by atoms with Gasteiger partial charge in [-0.15, -0.1) is 0 Å². The highest BCUT2D eigenvalue weighted by molar-refractivity contribution is 9.10. The first-order chi connectivity index (χ1) is 7.13. The summed E-state index contributed by atoms with van der Waals surface area (Å²) in [4.78, 5) is 0. The third kappa shape index (κ3) is 4.31. The molecule has 0 bridgehead atoms. The lowest BCUT2D eigenvalue weighted by Gasteiger charge is -2.12. The van der Waals surface area contributed by atoms with Crippen molar-refractivity contribution in [1.29, 1.82) is 0 Å². The van der Waals surface area contributed by atoms with Crippen LogP contribution in [0.15, 0.2) is 22.7 Å².